The van der Waals surface area contributed by atoms with Crippen LogP contribution in [0.25, 0.3) is 0 Å². The van der Waals surface area contributed by atoms with Crippen molar-refractivity contribution in [2.75, 3.05) is 6.61 Å². The largest absolute Gasteiger partial charge is 0.456 e. The molecule has 10 heteroatoms. The van der Waals surface area contributed by atoms with Crippen molar-refractivity contribution in [2.45, 2.75) is 25.4 Å². The summed E-state index contributed by atoms with van der Waals surface area (Å²) in [4.78, 5) is 35.6. The Hall–Kier alpha value is -2.48. The van der Waals surface area contributed by atoms with Crippen LogP contribution in [0.3, 0.4) is 0 Å². The number of nitrogens with one attached hydrogen (secondary N) is 2. The fourth-order valence-electron chi connectivity index (χ4n) is 2.75. The van der Waals surface area contributed by atoms with Gasteiger partial charge in [0.15, 0.2) is 6.61 Å². The molecule has 0 saturated heterocycles. The highest BCUT2D eigenvalue weighted by Crippen LogP contribution is 2.27. The topological polar surface area (TPSA) is 111 Å². The van der Waals surface area contributed by atoms with E-state index in [4.69, 9.17) is 45.3 Å². The van der Waals surface area contributed by atoms with Gasteiger partial charge in [0.25, 0.3) is 5.91 Å². The minimum Gasteiger partial charge on any atom is -0.456 e. The minimum absolute atomic E-state index is 0.251. The number of carbonyl (C=O) groups is 3. The SMILES string of the molecule is CC(NC(=O)COC(=O)CC(NC(N)=O)c1ccccc1Cl)c1ccc(Cl)cc1Cl. The lowest BCUT2D eigenvalue weighted by atomic mass is 10.0. The standard InChI is InChI=1S/C20H20Cl3N3O4/c1-11(13-7-6-12(21)8-16(13)23)25-18(27)10-30-19(28)9-17(26-20(24)29)14-4-2-3-5-15(14)22/h2-8,11,17H,9-10H2,1H3,(H,25,27)(H3,24,26,29). The lowest BCUT2D eigenvalue weighted by Crippen LogP contribution is -2.35. The number of amides is 3. The highest BCUT2D eigenvalue weighted by atomic mass is 35.5. The van der Waals surface area contributed by atoms with Crippen LogP contribution < -0.4 is 16.4 Å². The van der Waals surface area contributed by atoms with E-state index in [9.17, 15) is 14.4 Å². The molecular formula is C20H20Cl3N3O4. The first-order valence-electron chi connectivity index (χ1n) is 8.87. The summed E-state index contributed by atoms with van der Waals surface area (Å²) < 4.78 is 5.02. The Morgan fingerprint density at radius 1 is 1.00 bits per heavy atom. The number of esters is 1. The molecule has 0 aliphatic heterocycles. The number of ether oxygens (including phenoxy) is 1. The first-order valence-corrected chi connectivity index (χ1v) is 10.0. The van der Waals surface area contributed by atoms with Gasteiger partial charge in [-0.25, -0.2) is 4.79 Å². The molecule has 2 unspecified atom stereocenters. The van der Waals surface area contributed by atoms with E-state index in [2.05, 4.69) is 10.6 Å². The zero-order chi connectivity index (χ0) is 22.3. The molecule has 160 valence electrons. The van der Waals surface area contributed by atoms with Crippen molar-refractivity contribution in [1.29, 1.82) is 0 Å². The van der Waals surface area contributed by atoms with Crippen LogP contribution in [0.2, 0.25) is 15.1 Å². The number of hydrogen-bond acceptors (Lipinski definition) is 4. The Balaban J connectivity index is 1.92. The van der Waals surface area contributed by atoms with Gasteiger partial charge in [-0.05, 0) is 36.2 Å². The highest BCUT2D eigenvalue weighted by Gasteiger charge is 2.21. The summed E-state index contributed by atoms with van der Waals surface area (Å²) in [5.74, 6) is -1.22. The molecule has 0 fully saturated rings. The molecule has 0 saturated carbocycles. The maximum atomic E-state index is 12.2. The third kappa shape index (κ3) is 7.09. The van der Waals surface area contributed by atoms with E-state index in [1.165, 1.54) is 0 Å². The average Bonchev–Trinajstić information content (AvgIpc) is 2.65. The highest BCUT2D eigenvalue weighted by molar-refractivity contribution is 6.35. The van der Waals surface area contributed by atoms with Crippen LogP contribution in [-0.4, -0.2) is 24.5 Å². The second kappa shape index (κ2) is 11.1. The molecule has 30 heavy (non-hydrogen) atoms. The van der Waals surface area contributed by atoms with Crippen molar-refractivity contribution in [1.82, 2.24) is 10.6 Å². The van der Waals surface area contributed by atoms with Crippen LogP contribution in [0, 0.1) is 0 Å². The van der Waals surface area contributed by atoms with Gasteiger partial charge in [-0.2, -0.15) is 0 Å². The van der Waals surface area contributed by atoms with E-state index in [0.717, 1.165) is 0 Å². The van der Waals surface area contributed by atoms with E-state index in [1.807, 2.05) is 0 Å². The molecule has 0 bridgehead atoms. The zero-order valence-electron chi connectivity index (χ0n) is 16.0. The van der Waals surface area contributed by atoms with Crippen LogP contribution in [0.4, 0.5) is 4.79 Å². The molecule has 0 heterocycles. The molecule has 2 aromatic carbocycles. The van der Waals surface area contributed by atoms with Gasteiger partial charge in [-0.15, -0.1) is 0 Å². The smallest absolute Gasteiger partial charge is 0.312 e. The van der Waals surface area contributed by atoms with E-state index in [0.29, 0.717) is 26.2 Å². The van der Waals surface area contributed by atoms with Gasteiger partial charge in [0.05, 0.1) is 18.5 Å². The fourth-order valence-corrected chi connectivity index (χ4v) is 3.59. The summed E-state index contributed by atoms with van der Waals surface area (Å²) in [6.45, 7) is 1.24. The van der Waals surface area contributed by atoms with E-state index in [1.54, 1.807) is 49.4 Å². The first kappa shape index (κ1) is 23.8. The van der Waals surface area contributed by atoms with Crippen molar-refractivity contribution in [3.63, 3.8) is 0 Å². The number of urea groups is 1. The third-order valence-corrected chi connectivity index (χ3v) is 5.05. The number of hydrogen-bond donors (Lipinski definition) is 3. The molecular weight excluding hydrogens is 453 g/mol. The predicted octanol–water partition coefficient (Wildman–Crippen LogP) is 4.17. The van der Waals surface area contributed by atoms with E-state index >= 15 is 0 Å². The van der Waals surface area contributed by atoms with Gasteiger partial charge in [0.1, 0.15) is 0 Å². The quantitative estimate of drug-likeness (QED) is 0.501. The predicted molar refractivity (Wildman–Crippen MR) is 116 cm³/mol. The molecule has 4 N–H and O–H groups in total. The van der Waals surface area contributed by atoms with Crippen molar-refractivity contribution >= 4 is 52.7 Å². The molecule has 0 spiro atoms. The van der Waals surface area contributed by atoms with Gasteiger partial charge >= 0.3 is 12.0 Å². The lowest BCUT2D eigenvalue weighted by Gasteiger charge is -2.19. The monoisotopic (exact) mass is 471 g/mol. The molecule has 3 amide bonds. The molecule has 2 rings (SSSR count). The summed E-state index contributed by atoms with van der Waals surface area (Å²) in [6, 6.07) is 9.59. The second-order valence-corrected chi connectivity index (χ2v) is 7.65. The number of nitrogens with two attached hydrogens (primary N) is 1. The zero-order valence-corrected chi connectivity index (χ0v) is 18.2. The Morgan fingerprint density at radius 2 is 1.70 bits per heavy atom. The Morgan fingerprint density at radius 3 is 2.33 bits per heavy atom. The Labute approximate surface area is 188 Å². The average molecular weight is 473 g/mol. The maximum absolute atomic E-state index is 12.2. The van der Waals surface area contributed by atoms with Gasteiger partial charge in [-0.1, -0.05) is 59.1 Å². The third-order valence-electron chi connectivity index (χ3n) is 4.14. The van der Waals surface area contributed by atoms with Crippen molar-refractivity contribution < 1.29 is 19.1 Å². The summed E-state index contributed by atoms with van der Waals surface area (Å²) >= 11 is 18.1. The van der Waals surface area contributed by atoms with Gasteiger partial charge in [-0.3, -0.25) is 9.59 Å². The summed E-state index contributed by atoms with van der Waals surface area (Å²) in [7, 11) is 0. The summed E-state index contributed by atoms with van der Waals surface area (Å²) in [5.41, 5.74) is 6.36. The van der Waals surface area contributed by atoms with Gasteiger partial charge in [0, 0.05) is 15.1 Å². The van der Waals surface area contributed by atoms with Crippen LogP contribution in [0.15, 0.2) is 42.5 Å². The Bertz CT molecular complexity index is 939. The van der Waals surface area contributed by atoms with Crippen molar-refractivity contribution in [3.05, 3.63) is 68.7 Å². The normalized spacial score (nSPS) is 12.5. The number of carbonyl (C=O) groups excluding carboxylic acids is 3. The first-order chi connectivity index (χ1) is 14.2. The number of halogens is 3. The van der Waals surface area contributed by atoms with Crippen LogP contribution in [0.5, 0.6) is 0 Å². The van der Waals surface area contributed by atoms with Crippen LogP contribution in [0.1, 0.15) is 36.6 Å². The van der Waals surface area contributed by atoms with Crippen molar-refractivity contribution in [3.8, 4) is 0 Å². The molecule has 0 aromatic heterocycles. The minimum atomic E-state index is -0.820. The maximum Gasteiger partial charge on any atom is 0.312 e. The Kier molecular flexibility index (Phi) is 8.77. The van der Waals surface area contributed by atoms with E-state index in [-0.39, 0.29) is 6.42 Å². The van der Waals surface area contributed by atoms with Crippen LogP contribution in [-0.2, 0) is 14.3 Å². The summed E-state index contributed by atoms with van der Waals surface area (Å²) in [5, 5.41) is 6.38. The number of rotatable bonds is 8. The van der Waals surface area contributed by atoms with Gasteiger partial charge < -0.3 is 21.1 Å². The second-order valence-electron chi connectivity index (χ2n) is 6.40. The van der Waals surface area contributed by atoms with Gasteiger partial charge in [0.2, 0.25) is 0 Å². The molecule has 2 atom stereocenters. The molecule has 0 aliphatic carbocycles. The van der Waals surface area contributed by atoms with E-state index < -0.39 is 36.6 Å². The lowest BCUT2D eigenvalue weighted by molar-refractivity contribution is -0.149. The molecule has 2 aromatic rings. The molecule has 7 nitrogen and oxygen atoms in total. The molecule has 0 radical (unpaired) electrons. The van der Waals surface area contributed by atoms with Crippen molar-refractivity contribution in [2.24, 2.45) is 5.73 Å². The summed E-state index contributed by atoms with van der Waals surface area (Å²) in [6.07, 6.45) is -0.251. The molecule has 0 aliphatic rings. The van der Waals surface area contributed by atoms with Crippen LogP contribution >= 0.6 is 34.8 Å². The fraction of sp³-hybridized carbons (Fsp3) is 0.250. The number of primary amides is 1. The number of benzene rings is 2.